The predicted molar refractivity (Wildman–Crippen MR) is 88.6 cm³/mol. The first-order valence-corrected chi connectivity index (χ1v) is 7.35. The molecule has 0 saturated heterocycles. The largest absolute Gasteiger partial charge is 0.439 e. The molecule has 3 N–H and O–H groups in total. The first-order valence-electron chi connectivity index (χ1n) is 7.35. The number of carbonyl (C=O) groups excluding carboxylic acids is 1. The lowest BCUT2D eigenvalue weighted by Crippen LogP contribution is -2.14. The van der Waals surface area contributed by atoms with Crippen molar-refractivity contribution in [1.82, 2.24) is 15.0 Å². The third-order valence-electron chi connectivity index (χ3n) is 3.24. The van der Waals surface area contributed by atoms with Crippen LogP contribution in [0.2, 0.25) is 0 Å². The van der Waals surface area contributed by atoms with Crippen LogP contribution in [-0.2, 0) is 6.54 Å². The number of ether oxygens (including phenoxy) is 1. The second-order valence-corrected chi connectivity index (χ2v) is 5.03. The van der Waals surface area contributed by atoms with Gasteiger partial charge in [-0.25, -0.2) is 19.3 Å². The molecule has 1 aromatic carbocycles. The molecule has 0 atom stereocenters. The maximum absolute atomic E-state index is 13.3. The number of nitrogens with one attached hydrogen (secondary N) is 1. The number of aromatic nitrogens is 3. The quantitative estimate of drug-likeness (QED) is 0.715. The number of primary amides is 1. The SMILES string of the molecule is NC(=O)c1cc(NCc2cccnc2Oc2cccc(F)c2)ncn1. The monoisotopic (exact) mass is 339 g/mol. The van der Waals surface area contributed by atoms with Gasteiger partial charge in [0, 0.05) is 30.4 Å². The number of pyridine rings is 1. The van der Waals surface area contributed by atoms with Crippen LogP contribution in [0.4, 0.5) is 10.2 Å². The van der Waals surface area contributed by atoms with E-state index in [4.69, 9.17) is 10.5 Å². The van der Waals surface area contributed by atoms with Gasteiger partial charge in [-0.15, -0.1) is 0 Å². The molecule has 1 amide bonds. The minimum Gasteiger partial charge on any atom is -0.439 e. The van der Waals surface area contributed by atoms with E-state index in [1.807, 2.05) is 6.07 Å². The number of nitrogens with two attached hydrogens (primary N) is 1. The summed E-state index contributed by atoms with van der Waals surface area (Å²) in [6, 6.07) is 10.8. The number of benzene rings is 1. The van der Waals surface area contributed by atoms with Crippen LogP contribution in [0.5, 0.6) is 11.6 Å². The molecule has 2 heterocycles. The highest BCUT2D eigenvalue weighted by Gasteiger charge is 2.08. The molecule has 25 heavy (non-hydrogen) atoms. The Bertz CT molecular complexity index is 903. The van der Waals surface area contributed by atoms with Gasteiger partial charge in [-0.05, 0) is 18.2 Å². The molecule has 8 heteroatoms. The van der Waals surface area contributed by atoms with Gasteiger partial charge < -0.3 is 15.8 Å². The van der Waals surface area contributed by atoms with Crippen molar-refractivity contribution in [2.45, 2.75) is 6.54 Å². The number of rotatable bonds is 6. The lowest BCUT2D eigenvalue weighted by Gasteiger charge is -2.11. The van der Waals surface area contributed by atoms with E-state index in [0.29, 0.717) is 24.0 Å². The zero-order chi connectivity index (χ0) is 17.6. The third kappa shape index (κ3) is 4.25. The van der Waals surface area contributed by atoms with Gasteiger partial charge in [0.2, 0.25) is 5.88 Å². The zero-order valence-corrected chi connectivity index (χ0v) is 13.0. The van der Waals surface area contributed by atoms with Crippen LogP contribution >= 0.6 is 0 Å². The summed E-state index contributed by atoms with van der Waals surface area (Å²) in [5.41, 5.74) is 6.03. The second-order valence-electron chi connectivity index (χ2n) is 5.03. The van der Waals surface area contributed by atoms with E-state index in [1.165, 1.54) is 24.5 Å². The van der Waals surface area contributed by atoms with Crippen LogP contribution in [0, 0.1) is 5.82 Å². The molecular weight excluding hydrogens is 325 g/mol. The maximum Gasteiger partial charge on any atom is 0.267 e. The highest BCUT2D eigenvalue weighted by Crippen LogP contribution is 2.24. The molecule has 2 aromatic heterocycles. The Hall–Kier alpha value is -3.55. The van der Waals surface area contributed by atoms with E-state index in [9.17, 15) is 9.18 Å². The molecule has 7 nitrogen and oxygen atoms in total. The number of anilines is 1. The van der Waals surface area contributed by atoms with Gasteiger partial charge in [-0.2, -0.15) is 0 Å². The minimum absolute atomic E-state index is 0.111. The summed E-state index contributed by atoms with van der Waals surface area (Å²) in [5, 5.41) is 3.04. The zero-order valence-electron chi connectivity index (χ0n) is 13.0. The van der Waals surface area contributed by atoms with Gasteiger partial charge in [-0.3, -0.25) is 4.79 Å². The molecule has 0 aliphatic heterocycles. The highest BCUT2D eigenvalue weighted by atomic mass is 19.1. The standard InChI is InChI=1S/C17H14FN5O2/c18-12-4-1-5-13(7-12)25-17-11(3-2-6-20-17)9-21-15-8-14(16(19)24)22-10-23-15/h1-8,10H,9H2,(H2,19,24)(H,21,22,23). The molecule has 0 unspecified atom stereocenters. The molecule has 3 rings (SSSR count). The van der Waals surface area contributed by atoms with Crippen LogP contribution in [-0.4, -0.2) is 20.9 Å². The van der Waals surface area contributed by atoms with Crippen molar-refractivity contribution in [3.8, 4) is 11.6 Å². The fourth-order valence-electron chi connectivity index (χ4n) is 2.07. The Morgan fingerprint density at radius 1 is 1.16 bits per heavy atom. The summed E-state index contributed by atoms with van der Waals surface area (Å²) < 4.78 is 18.9. The van der Waals surface area contributed by atoms with Gasteiger partial charge in [0.25, 0.3) is 5.91 Å². The van der Waals surface area contributed by atoms with Crippen molar-refractivity contribution in [2.24, 2.45) is 5.73 Å². The van der Waals surface area contributed by atoms with Crippen LogP contribution in [0.15, 0.2) is 55.0 Å². The number of nitrogens with zero attached hydrogens (tertiary/aromatic N) is 3. The number of halogens is 1. The van der Waals surface area contributed by atoms with E-state index in [1.54, 1.807) is 24.4 Å². The van der Waals surface area contributed by atoms with Crippen molar-refractivity contribution in [3.63, 3.8) is 0 Å². The topological polar surface area (TPSA) is 103 Å². The lowest BCUT2D eigenvalue weighted by atomic mass is 10.2. The molecule has 0 fully saturated rings. The Balaban J connectivity index is 1.75. The Kier molecular flexibility index (Phi) is 4.79. The fourth-order valence-corrected chi connectivity index (χ4v) is 2.07. The summed E-state index contributed by atoms with van der Waals surface area (Å²) in [6.07, 6.45) is 2.82. The van der Waals surface area contributed by atoms with Gasteiger partial charge in [0.1, 0.15) is 29.4 Å². The van der Waals surface area contributed by atoms with Crippen molar-refractivity contribution >= 4 is 11.7 Å². The van der Waals surface area contributed by atoms with Crippen molar-refractivity contribution < 1.29 is 13.9 Å². The van der Waals surface area contributed by atoms with Crippen LogP contribution in [0.1, 0.15) is 16.1 Å². The van der Waals surface area contributed by atoms with E-state index in [0.717, 1.165) is 5.56 Å². The lowest BCUT2D eigenvalue weighted by molar-refractivity contribution is 0.0995. The molecular formula is C17H14FN5O2. The Labute approximate surface area is 142 Å². The first-order chi connectivity index (χ1) is 12.1. The molecule has 0 aliphatic rings. The molecule has 0 spiro atoms. The summed E-state index contributed by atoms with van der Waals surface area (Å²) >= 11 is 0. The summed E-state index contributed by atoms with van der Waals surface area (Å²) in [4.78, 5) is 23.1. The van der Waals surface area contributed by atoms with Crippen LogP contribution in [0.3, 0.4) is 0 Å². The average molecular weight is 339 g/mol. The Morgan fingerprint density at radius 2 is 2.04 bits per heavy atom. The van der Waals surface area contributed by atoms with Crippen LogP contribution < -0.4 is 15.8 Å². The number of hydrogen-bond acceptors (Lipinski definition) is 6. The van der Waals surface area contributed by atoms with E-state index >= 15 is 0 Å². The number of hydrogen-bond donors (Lipinski definition) is 2. The molecule has 126 valence electrons. The molecule has 0 aliphatic carbocycles. The second kappa shape index (κ2) is 7.35. The number of carbonyl (C=O) groups is 1. The van der Waals surface area contributed by atoms with E-state index < -0.39 is 11.7 Å². The van der Waals surface area contributed by atoms with E-state index in [2.05, 4.69) is 20.3 Å². The smallest absolute Gasteiger partial charge is 0.267 e. The summed E-state index contributed by atoms with van der Waals surface area (Å²) in [5.74, 6) is 0.0853. The van der Waals surface area contributed by atoms with Crippen molar-refractivity contribution in [3.05, 3.63) is 72.1 Å². The minimum atomic E-state index is -0.637. The fraction of sp³-hybridized carbons (Fsp3) is 0.0588. The van der Waals surface area contributed by atoms with Gasteiger partial charge in [0.15, 0.2) is 0 Å². The summed E-state index contributed by atoms with van der Waals surface area (Å²) in [6.45, 7) is 0.327. The molecule has 3 aromatic rings. The molecule has 0 bridgehead atoms. The van der Waals surface area contributed by atoms with Gasteiger partial charge in [0.05, 0.1) is 0 Å². The Morgan fingerprint density at radius 3 is 2.84 bits per heavy atom. The molecule has 0 radical (unpaired) electrons. The predicted octanol–water partition coefficient (Wildman–Crippen LogP) is 2.51. The van der Waals surface area contributed by atoms with E-state index in [-0.39, 0.29) is 5.69 Å². The number of amides is 1. The van der Waals surface area contributed by atoms with Crippen molar-refractivity contribution in [2.75, 3.05) is 5.32 Å². The molecule has 0 saturated carbocycles. The maximum atomic E-state index is 13.3. The van der Waals surface area contributed by atoms with Crippen LogP contribution in [0.25, 0.3) is 0 Å². The summed E-state index contributed by atoms with van der Waals surface area (Å²) in [7, 11) is 0. The normalized spacial score (nSPS) is 10.3. The third-order valence-corrected chi connectivity index (χ3v) is 3.24. The van der Waals surface area contributed by atoms with Gasteiger partial charge >= 0.3 is 0 Å². The first kappa shape index (κ1) is 16.3. The highest BCUT2D eigenvalue weighted by molar-refractivity contribution is 5.91. The average Bonchev–Trinajstić information content (AvgIpc) is 2.61. The van der Waals surface area contributed by atoms with Gasteiger partial charge in [-0.1, -0.05) is 12.1 Å². The van der Waals surface area contributed by atoms with Crippen molar-refractivity contribution in [1.29, 1.82) is 0 Å².